The van der Waals surface area contributed by atoms with Gasteiger partial charge in [0, 0.05) is 0 Å². The van der Waals surface area contributed by atoms with Crippen LogP contribution in [0.5, 0.6) is 0 Å². The number of hydrogen-bond donors (Lipinski definition) is 1. The van der Waals surface area contributed by atoms with Crippen LogP contribution >= 0.6 is 0 Å². The van der Waals surface area contributed by atoms with E-state index in [1.807, 2.05) is 6.92 Å². The van der Waals surface area contributed by atoms with E-state index in [0.717, 1.165) is 26.1 Å². The lowest BCUT2D eigenvalue weighted by molar-refractivity contribution is -0.0628. The molecule has 0 aromatic rings. The van der Waals surface area contributed by atoms with E-state index in [9.17, 15) is 5.11 Å². The summed E-state index contributed by atoms with van der Waals surface area (Å²) < 4.78 is 0. The Kier molecular flexibility index (Phi) is 7.15. The van der Waals surface area contributed by atoms with Crippen LogP contribution in [0.3, 0.4) is 0 Å². The maximum atomic E-state index is 9.65. The van der Waals surface area contributed by atoms with Crippen LogP contribution in [0.25, 0.3) is 0 Å². The Bertz CT molecular complexity index is 135. The SMILES string of the molecule is CCC(N(CC)CC)N(CC)C(C)O. The summed E-state index contributed by atoms with van der Waals surface area (Å²) in [5.74, 6) is 0. The van der Waals surface area contributed by atoms with E-state index in [4.69, 9.17) is 0 Å². The first kappa shape index (κ1) is 13.9. The van der Waals surface area contributed by atoms with Crippen LogP contribution in [0.15, 0.2) is 0 Å². The van der Waals surface area contributed by atoms with Crippen LogP contribution in [0.4, 0.5) is 0 Å². The summed E-state index contributed by atoms with van der Waals surface area (Å²) in [5.41, 5.74) is 0. The van der Waals surface area contributed by atoms with E-state index < -0.39 is 0 Å². The fourth-order valence-corrected chi connectivity index (χ4v) is 2.07. The Labute approximate surface area is 88.7 Å². The van der Waals surface area contributed by atoms with Gasteiger partial charge in [-0.1, -0.05) is 27.7 Å². The highest BCUT2D eigenvalue weighted by Gasteiger charge is 2.23. The highest BCUT2D eigenvalue weighted by atomic mass is 16.3. The molecule has 0 aliphatic rings. The number of hydrogen-bond acceptors (Lipinski definition) is 3. The van der Waals surface area contributed by atoms with E-state index in [1.165, 1.54) is 0 Å². The highest BCUT2D eigenvalue weighted by Crippen LogP contribution is 2.12. The molecule has 0 amide bonds. The zero-order chi connectivity index (χ0) is 11.1. The topological polar surface area (TPSA) is 26.7 Å². The van der Waals surface area contributed by atoms with Crippen LogP contribution in [-0.4, -0.2) is 46.9 Å². The Balaban J connectivity index is 4.48. The third-order valence-electron chi connectivity index (χ3n) is 2.83. The van der Waals surface area contributed by atoms with Crippen molar-refractivity contribution in [3.8, 4) is 0 Å². The number of aliphatic hydroxyl groups is 1. The lowest BCUT2D eigenvalue weighted by atomic mass is 10.2. The first-order valence-corrected chi connectivity index (χ1v) is 5.80. The Morgan fingerprint density at radius 2 is 1.50 bits per heavy atom. The molecule has 0 saturated heterocycles. The third-order valence-corrected chi connectivity index (χ3v) is 2.83. The Morgan fingerprint density at radius 3 is 1.71 bits per heavy atom. The minimum atomic E-state index is -0.356. The number of rotatable bonds is 7. The van der Waals surface area contributed by atoms with Gasteiger partial charge in [0.1, 0.15) is 6.23 Å². The summed E-state index contributed by atoms with van der Waals surface area (Å²) in [5, 5.41) is 9.65. The van der Waals surface area contributed by atoms with Gasteiger partial charge in [0.25, 0.3) is 0 Å². The lowest BCUT2D eigenvalue weighted by Crippen LogP contribution is -2.51. The molecule has 2 atom stereocenters. The zero-order valence-electron chi connectivity index (χ0n) is 10.3. The molecular weight excluding hydrogens is 176 g/mol. The Hall–Kier alpha value is -0.120. The second kappa shape index (κ2) is 7.21. The van der Waals surface area contributed by atoms with Crippen LogP contribution in [0, 0.1) is 0 Å². The van der Waals surface area contributed by atoms with Gasteiger partial charge in [0.15, 0.2) is 0 Å². The highest BCUT2D eigenvalue weighted by molar-refractivity contribution is 4.70. The van der Waals surface area contributed by atoms with Crippen molar-refractivity contribution in [3.05, 3.63) is 0 Å². The molecule has 0 aromatic carbocycles. The van der Waals surface area contributed by atoms with Gasteiger partial charge in [-0.05, 0) is 33.0 Å². The van der Waals surface area contributed by atoms with Crippen LogP contribution in [0.2, 0.25) is 0 Å². The molecule has 0 aliphatic carbocycles. The van der Waals surface area contributed by atoms with E-state index in [1.54, 1.807) is 0 Å². The van der Waals surface area contributed by atoms with Crippen molar-refractivity contribution in [2.75, 3.05) is 19.6 Å². The summed E-state index contributed by atoms with van der Waals surface area (Å²) >= 11 is 0. The normalized spacial score (nSPS) is 16.3. The van der Waals surface area contributed by atoms with Crippen molar-refractivity contribution in [1.82, 2.24) is 9.80 Å². The van der Waals surface area contributed by atoms with Crippen molar-refractivity contribution in [2.24, 2.45) is 0 Å². The molecular formula is C11H26N2O. The summed E-state index contributed by atoms with van der Waals surface area (Å²) in [6.07, 6.45) is 1.07. The molecule has 2 unspecified atom stereocenters. The van der Waals surface area contributed by atoms with Gasteiger partial charge in [-0.3, -0.25) is 9.80 Å². The predicted octanol–water partition coefficient (Wildman–Crippen LogP) is 1.72. The van der Waals surface area contributed by atoms with E-state index in [-0.39, 0.29) is 6.23 Å². The average Bonchev–Trinajstić information content (AvgIpc) is 2.17. The van der Waals surface area contributed by atoms with Gasteiger partial charge in [-0.15, -0.1) is 0 Å². The second-order valence-corrected chi connectivity index (χ2v) is 3.57. The summed E-state index contributed by atoms with van der Waals surface area (Å²) in [6.45, 7) is 13.4. The van der Waals surface area contributed by atoms with Gasteiger partial charge in [-0.25, -0.2) is 0 Å². The zero-order valence-corrected chi connectivity index (χ0v) is 10.3. The third kappa shape index (κ3) is 3.56. The van der Waals surface area contributed by atoms with Gasteiger partial charge < -0.3 is 5.11 Å². The van der Waals surface area contributed by atoms with E-state index >= 15 is 0 Å². The molecule has 0 heterocycles. The summed E-state index contributed by atoms with van der Waals surface area (Å²) in [7, 11) is 0. The molecule has 0 bridgehead atoms. The molecule has 0 saturated carbocycles. The Morgan fingerprint density at radius 1 is 1.00 bits per heavy atom. The van der Waals surface area contributed by atoms with Gasteiger partial charge >= 0.3 is 0 Å². The minimum absolute atomic E-state index is 0.356. The molecule has 0 fully saturated rings. The molecule has 3 heteroatoms. The first-order valence-electron chi connectivity index (χ1n) is 5.80. The van der Waals surface area contributed by atoms with Crippen LogP contribution < -0.4 is 0 Å². The molecule has 0 rings (SSSR count). The summed E-state index contributed by atoms with van der Waals surface area (Å²) in [4.78, 5) is 4.52. The number of aliphatic hydroxyl groups excluding tert-OH is 1. The fraction of sp³-hybridized carbons (Fsp3) is 1.00. The standard InChI is InChI=1S/C11H26N2O/c1-6-11(12(7-2)8-3)13(9-4)10(5)14/h10-11,14H,6-9H2,1-5H3. The first-order chi connectivity index (χ1) is 6.62. The van der Waals surface area contributed by atoms with Crippen molar-refractivity contribution in [1.29, 1.82) is 0 Å². The van der Waals surface area contributed by atoms with Crippen molar-refractivity contribution < 1.29 is 5.11 Å². The molecule has 0 aliphatic heterocycles. The quantitative estimate of drug-likeness (QED) is 0.637. The van der Waals surface area contributed by atoms with E-state index in [2.05, 4.69) is 37.5 Å². The van der Waals surface area contributed by atoms with Crippen molar-refractivity contribution in [3.63, 3.8) is 0 Å². The molecule has 14 heavy (non-hydrogen) atoms. The van der Waals surface area contributed by atoms with Crippen LogP contribution in [-0.2, 0) is 0 Å². The fourth-order valence-electron chi connectivity index (χ4n) is 2.07. The monoisotopic (exact) mass is 202 g/mol. The largest absolute Gasteiger partial charge is 0.379 e. The smallest absolute Gasteiger partial charge is 0.105 e. The molecule has 86 valence electrons. The predicted molar refractivity (Wildman–Crippen MR) is 61.1 cm³/mol. The molecule has 0 radical (unpaired) electrons. The van der Waals surface area contributed by atoms with E-state index in [0.29, 0.717) is 6.17 Å². The van der Waals surface area contributed by atoms with Gasteiger partial charge in [-0.2, -0.15) is 0 Å². The second-order valence-electron chi connectivity index (χ2n) is 3.57. The van der Waals surface area contributed by atoms with Gasteiger partial charge in [0.2, 0.25) is 0 Å². The molecule has 1 N–H and O–H groups in total. The maximum absolute atomic E-state index is 9.65. The molecule has 0 spiro atoms. The van der Waals surface area contributed by atoms with Crippen molar-refractivity contribution in [2.45, 2.75) is 53.4 Å². The number of nitrogens with zero attached hydrogens (tertiary/aromatic N) is 2. The van der Waals surface area contributed by atoms with Crippen LogP contribution in [0.1, 0.15) is 41.0 Å². The maximum Gasteiger partial charge on any atom is 0.105 e. The lowest BCUT2D eigenvalue weighted by Gasteiger charge is -2.39. The van der Waals surface area contributed by atoms with Gasteiger partial charge in [0.05, 0.1) is 6.17 Å². The average molecular weight is 202 g/mol. The van der Waals surface area contributed by atoms with Crippen molar-refractivity contribution >= 4 is 0 Å². The molecule has 0 aromatic heterocycles. The molecule has 3 nitrogen and oxygen atoms in total. The minimum Gasteiger partial charge on any atom is -0.379 e. The summed E-state index contributed by atoms with van der Waals surface area (Å²) in [6, 6.07) is 0.